The summed E-state index contributed by atoms with van der Waals surface area (Å²) in [7, 11) is 0. The van der Waals surface area contributed by atoms with Gasteiger partial charge in [0.15, 0.2) is 0 Å². The second-order valence-corrected chi connectivity index (χ2v) is 8.09. The summed E-state index contributed by atoms with van der Waals surface area (Å²) in [6, 6.07) is 14.9. The third kappa shape index (κ3) is 3.86. The molecule has 2 saturated heterocycles. The first kappa shape index (κ1) is 19.6. The summed E-state index contributed by atoms with van der Waals surface area (Å²) in [5, 5.41) is 4.61. The van der Waals surface area contributed by atoms with E-state index in [0.29, 0.717) is 32.5 Å². The number of likely N-dealkylation sites (tertiary alicyclic amines) is 1. The minimum atomic E-state index is -0.802. The summed E-state index contributed by atoms with van der Waals surface area (Å²) in [5.74, 6) is -0.550. The Bertz CT molecular complexity index is 1030. The van der Waals surface area contributed by atoms with Crippen molar-refractivity contribution in [2.45, 2.75) is 37.7 Å². The molecule has 4 amide bonds. The lowest BCUT2D eigenvalue weighted by molar-refractivity contribution is -0.227. The number of fused-ring (bicyclic) bond motifs is 1. The van der Waals surface area contributed by atoms with E-state index >= 15 is 0 Å². The van der Waals surface area contributed by atoms with Crippen LogP contribution in [0.4, 0.5) is 4.79 Å². The topological polar surface area (TPSA) is 97.0 Å². The van der Waals surface area contributed by atoms with E-state index in [1.807, 2.05) is 30.3 Å². The third-order valence-electron chi connectivity index (χ3n) is 6.07. The van der Waals surface area contributed by atoms with Crippen LogP contribution in [0.15, 0.2) is 48.5 Å². The lowest BCUT2D eigenvalue weighted by Crippen LogP contribution is -2.53. The van der Waals surface area contributed by atoms with Gasteiger partial charge >= 0.3 is 6.03 Å². The van der Waals surface area contributed by atoms with Crippen molar-refractivity contribution >= 4 is 17.8 Å². The van der Waals surface area contributed by atoms with Crippen LogP contribution in [-0.4, -0.2) is 47.7 Å². The number of ether oxygens (including phenoxy) is 2. The van der Waals surface area contributed by atoms with Crippen LogP contribution >= 0.6 is 0 Å². The molecule has 1 unspecified atom stereocenters. The van der Waals surface area contributed by atoms with Gasteiger partial charge in [-0.2, -0.15) is 0 Å². The van der Waals surface area contributed by atoms with E-state index in [1.54, 1.807) is 4.90 Å². The van der Waals surface area contributed by atoms with Crippen molar-refractivity contribution in [1.29, 1.82) is 0 Å². The monoisotopic (exact) mass is 421 g/mol. The summed E-state index contributed by atoms with van der Waals surface area (Å²) < 4.78 is 12.4. The van der Waals surface area contributed by atoms with Crippen LogP contribution in [0, 0.1) is 0 Å². The standard InChI is InChI=1S/C23H23N3O5/c27-20(13-18-21(28)25-22(29)24-18)26-10-8-23(9-11-26)30-14-17-12-16(6-7-19(17)31-23)15-4-2-1-3-5-15/h1-7,12,18H,8-11,13-14H2,(H2,24,25,28,29). The molecular formula is C23H23N3O5. The van der Waals surface area contributed by atoms with Crippen LogP contribution in [0.3, 0.4) is 0 Å². The Morgan fingerprint density at radius 2 is 1.84 bits per heavy atom. The Morgan fingerprint density at radius 1 is 1.06 bits per heavy atom. The van der Waals surface area contributed by atoms with Gasteiger partial charge in [-0.1, -0.05) is 36.4 Å². The van der Waals surface area contributed by atoms with E-state index in [9.17, 15) is 14.4 Å². The highest BCUT2D eigenvalue weighted by Gasteiger charge is 2.42. The Labute approximate surface area is 179 Å². The fourth-order valence-corrected chi connectivity index (χ4v) is 4.29. The maximum atomic E-state index is 12.6. The summed E-state index contributed by atoms with van der Waals surface area (Å²) in [6.07, 6.45) is 1.04. The summed E-state index contributed by atoms with van der Waals surface area (Å²) >= 11 is 0. The third-order valence-corrected chi connectivity index (χ3v) is 6.07. The zero-order chi connectivity index (χ0) is 21.4. The average molecular weight is 421 g/mol. The number of imide groups is 1. The van der Waals surface area contributed by atoms with E-state index < -0.39 is 23.8 Å². The molecule has 3 heterocycles. The zero-order valence-corrected chi connectivity index (χ0v) is 16.9. The van der Waals surface area contributed by atoms with Gasteiger partial charge in [0.25, 0.3) is 5.91 Å². The number of amides is 4. The maximum absolute atomic E-state index is 12.6. The van der Waals surface area contributed by atoms with E-state index in [4.69, 9.17) is 9.47 Å². The van der Waals surface area contributed by atoms with Gasteiger partial charge in [0.1, 0.15) is 11.8 Å². The molecular weight excluding hydrogens is 398 g/mol. The number of carbonyl (C=O) groups excluding carboxylic acids is 3. The Balaban J connectivity index is 1.21. The Morgan fingerprint density at radius 3 is 2.55 bits per heavy atom. The van der Waals surface area contributed by atoms with Crippen molar-refractivity contribution in [3.8, 4) is 16.9 Å². The molecule has 1 spiro atoms. The van der Waals surface area contributed by atoms with Crippen molar-refractivity contribution in [2.24, 2.45) is 0 Å². The molecule has 2 fully saturated rings. The maximum Gasteiger partial charge on any atom is 0.322 e. The molecule has 2 N–H and O–H groups in total. The first-order chi connectivity index (χ1) is 15.0. The highest BCUT2D eigenvalue weighted by atomic mass is 16.7. The van der Waals surface area contributed by atoms with Crippen molar-refractivity contribution < 1.29 is 23.9 Å². The number of nitrogens with zero attached hydrogens (tertiary/aromatic N) is 1. The lowest BCUT2D eigenvalue weighted by atomic mass is 9.98. The van der Waals surface area contributed by atoms with Gasteiger partial charge in [0.05, 0.1) is 13.0 Å². The van der Waals surface area contributed by atoms with Crippen molar-refractivity contribution in [2.75, 3.05) is 13.1 Å². The van der Waals surface area contributed by atoms with Crippen LogP contribution in [-0.2, 0) is 20.9 Å². The fraction of sp³-hybridized carbons (Fsp3) is 0.348. The Hall–Kier alpha value is -3.39. The molecule has 3 aliphatic rings. The van der Waals surface area contributed by atoms with E-state index in [1.165, 1.54) is 0 Å². The van der Waals surface area contributed by atoms with E-state index in [-0.39, 0.29) is 12.3 Å². The van der Waals surface area contributed by atoms with Crippen molar-refractivity contribution in [3.63, 3.8) is 0 Å². The molecule has 0 bridgehead atoms. The largest absolute Gasteiger partial charge is 0.462 e. The zero-order valence-electron chi connectivity index (χ0n) is 16.9. The molecule has 5 rings (SSSR count). The second kappa shape index (κ2) is 7.70. The molecule has 0 radical (unpaired) electrons. The SMILES string of the molecule is O=C1NC(=O)C(CC(=O)N2CCC3(CC2)OCc2cc(-c4ccccc4)ccc2O3)N1. The molecule has 0 saturated carbocycles. The van der Waals surface area contributed by atoms with Crippen LogP contribution in [0.25, 0.3) is 11.1 Å². The molecule has 31 heavy (non-hydrogen) atoms. The quantitative estimate of drug-likeness (QED) is 0.741. The molecule has 1 atom stereocenters. The Kier molecular flexibility index (Phi) is 4.86. The van der Waals surface area contributed by atoms with Crippen LogP contribution in [0.2, 0.25) is 0 Å². The van der Waals surface area contributed by atoms with Crippen LogP contribution in [0.1, 0.15) is 24.8 Å². The highest BCUT2D eigenvalue weighted by molar-refractivity contribution is 6.05. The highest BCUT2D eigenvalue weighted by Crippen LogP contribution is 2.39. The molecule has 8 heteroatoms. The number of benzene rings is 2. The molecule has 8 nitrogen and oxygen atoms in total. The number of urea groups is 1. The first-order valence-corrected chi connectivity index (χ1v) is 10.4. The van der Waals surface area contributed by atoms with Gasteiger partial charge in [-0.05, 0) is 23.3 Å². The summed E-state index contributed by atoms with van der Waals surface area (Å²) in [4.78, 5) is 37.2. The fourth-order valence-electron chi connectivity index (χ4n) is 4.29. The van der Waals surface area contributed by atoms with Gasteiger partial charge in [0.2, 0.25) is 11.7 Å². The van der Waals surface area contributed by atoms with Gasteiger partial charge < -0.3 is 19.7 Å². The first-order valence-electron chi connectivity index (χ1n) is 10.4. The van der Waals surface area contributed by atoms with Crippen molar-refractivity contribution in [3.05, 3.63) is 54.1 Å². The van der Waals surface area contributed by atoms with Crippen molar-refractivity contribution in [1.82, 2.24) is 15.5 Å². The minimum Gasteiger partial charge on any atom is -0.462 e. The molecule has 2 aromatic rings. The average Bonchev–Trinajstić information content (AvgIpc) is 3.11. The van der Waals surface area contributed by atoms with Gasteiger partial charge in [-0.25, -0.2) is 4.79 Å². The molecule has 0 aliphatic carbocycles. The van der Waals surface area contributed by atoms with Gasteiger partial charge in [-0.3, -0.25) is 14.9 Å². The number of nitrogens with one attached hydrogen (secondary N) is 2. The van der Waals surface area contributed by atoms with Crippen LogP contribution in [0.5, 0.6) is 5.75 Å². The smallest absolute Gasteiger partial charge is 0.322 e. The number of rotatable bonds is 3. The molecule has 160 valence electrons. The minimum absolute atomic E-state index is 0.0443. The molecule has 3 aliphatic heterocycles. The normalized spacial score (nSPS) is 21.8. The predicted octanol–water partition coefficient (Wildman–Crippen LogP) is 2.18. The molecule has 0 aromatic heterocycles. The lowest BCUT2D eigenvalue weighted by Gasteiger charge is -2.44. The van der Waals surface area contributed by atoms with Crippen LogP contribution < -0.4 is 15.4 Å². The summed E-state index contributed by atoms with van der Waals surface area (Å²) in [5.41, 5.74) is 3.27. The van der Waals surface area contributed by atoms with Gasteiger partial charge in [-0.15, -0.1) is 0 Å². The summed E-state index contributed by atoms with van der Waals surface area (Å²) in [6.45, 7) is 1.40. The van der Waals surface area contributed by atoms with Gasteiger partial charge in [0, 0.05) is 31.5 Å². The number of carbonyl (C=O) groups is 3. The van der Waals surface area contributed by atoms with E-state index in [2.05, 4.69) is 28.8 Å². The predicted molar refractivity (Wildman–Crippen MR) is 111 cm³/mol. The second-order valence-electron chi connectivity index (χ2n) is 8.09. The van der Waals surface area contributed by atoms with E-state index in [0.717, 1.165) is 22.4 Å². The molecule has 2 aromatic carbocycles. The number of piperidine rings is 1. The number of hydrogen-bond donors (Lipinski definition) is 2. The number of hydrogen-bond acceptors (Lipinski definition) is 5.